The molecule has 26 heavy (non-hydrogen) atoms. The quantitative estimate of drug-likeness (QED) is 0.685. The van der Waals surface area contributed by atoms with E-state index in [2.05, 4.69) is 14.9 Å². The minimum atomic E-state index is -0.0910. The van der Waals surface area contributed by atoms with Crippen molar-refractivity contribution in [3.05, 3.63) is 41.4 Å². The van der Waals surface area contributed by atoms with E-state index >= 15 is 0 Å². The third-order valence-electron chi connectivity index (χ3n) is 4.29. The highest BCUT2D eigenvalue weighted by Crippen LogP contribution is 2.38. The molecule has 0 unspecified atom stereocenters. The first-order valence-electron chi connectivity index (χ1n) is 8.10. The third kappa shape index (κ3) is 3.06. The van der Waals surface area contributed by atoms with Crippen LogP contribution in [0.5, 0.6) is 5.75 Å². The third-order valence-corrected chi connectivity index (χ3v) is 5.86. The predicted molar refractivity (Wildman–Crippen MR) is 101 cm³/mol. The van der Waals surface area contributed by atoms with Gasteiger partial charge in [-0.3, -0.25) is 9.78 Å². The summed E-state index contributed by atoms with van der Waals surface area (Å²) in [6.07, 6.45) is 4.58. The van der Waals surface area contributed by atoms with E-state index in [-0.39, 0.29) is 5.91 Å². The average Bonchev–Trinajstić information content (AvgIpc) is 3.15. The zero-order valence-corrected chi connectivity index (χ0v) is 15.6. The minimum Gasteiger partial charge on any atom is -0.494 e. The summed E-state index contributed by atoms with van der Waals surface area (Å²) < 4.78 is 6.30. The number of benzene rings is 1. The Labute approximate surface area is 159 Å². The molecule has 4 rings (SSSR count). The Balaban J connectivity index is 1.51. The van der Waals surface area contributed by atoms with Crippen molar-refractivity contribution in [1.82, 2.24) is 19.9 Å². The molecular formula is C17H16ClN5O2S. The molecule has 0 saturated carbocycles. The second-order valence-corrected chi connectivity index (χ2v) is 7.18. The maximum atomic E-state index is 12.5. The van der Waals surface area contributed by atoms with Crippen LogP contribution in [0.1, 0.15) is 10.5 Å². The molecule has 1 aliphatic heterocycles. The van der Waals surface area contributed by atoms with E-state index in [9.17, 15) is 4.79 Å². The molecule has 0 atom stereocenters. The lowest BCUT2D eigenvalue weighted by molar-refractivity contribution is 0.0740. The molecule has 3 heterocycles. The number of aromatic nitrogens is 3. The van der Waals surface area contributed by atoms with Crippen molar-refractivity contribution in [2.24, 2.45) is 0 Å². The van der Waals surface area contributed by atoms with Crippen molar-refractivity contribution in [2.75, 3.05) is 38.2 Å². The van der Waals surface area contributed by atoms with Crippen LogP contribution < -0.4 is 9.64 Å². The summed E-state index contributed by atoms with van der Waals surface area (Å²) in [5.41, 5.74) is 1.15. The number of amides is 1. The molecule has 0 bridgehead atoms. The van der Waals surface area contributed by atoms with Crippen LogP contribution in [0.25, 0.3) is 10.2 Å². The second-order valence-electron chi connectivity index (χ2n) is 5.79. The van der Waals surface area contributed by atoms with Gasteiger partial charge in [-0.25, -0.2) is 9.97 Å². The highest BCUT2D eigenvalue weighted by molar-refractivity contribution is 7.22. The Morgan fingerprint density at radius 3 is 2.73 bits per heavy atom. The van der Waals surface area contributed by atoms with Crippen molar-refractivity contribution < 1.29 is 9.53 Å². The first-order valence-corrected chi connectivity index (χ1v) is 9.30. The topological polar surface area (TPSA) is 71.5 Å². The van der Waals surface area contributed by atoms with E-state index in [1.54, 1.807) is 29.5 Å². The Kier molecular flexibility index (Phi) is 4.60. The molecule has 0 spiro atoms. The van der Waals surface area contributed by atoms with Crippen LogP contribution in [-0.4, -0.2) is 59.0 Å². The molecule has 2 aromatic heterocycles. The molecule has 1 amide bonds. The number of carbonyl (C=O) groups is 1. The number of piperazine rings is 1. The van der Waals surface area contributed by atoms with Gasteiger partial charge in [0.25, 0.3) is 5.91 Å². The fraction of sp³-hybridized carbons (Fsp3) is 0.294. The van der Waals surface area contributed by atoms with Gasteiger partial charge in [0.1, 0.15) is 17.0 Å². The van der Waals surface area contributed by atoms with Gasteiger partial charge < -0.3 is 14.5 Å². The van der Waals surface area contributed by atoms with E-state index in [0.29, 0.717) is 42.6 Å². The fourth-order valence-corrected chi connectivity index (χ4v) is 4.22. The smallest absolute Gasteiger partial charge is 0.274 e. The summed E-state index contributed by atoms with van der Waals surface area (Å²) in [6, 6.07) is 3.65. The van der Waals surface area contributed by atoms with Crippen LogP contribution in [0.15, 0.2) is 30.7 Å². The van der Waals surface area contributed by atoms with Gasteiger partial charge in [0.2, 0.25) is 0 Å². The zero-order chi connectivity index (χ0) is 18.1. The summed E-state index contributed by atoms with van der Waals surface area (Å²) in [5, 5.41) is 1.55. The van der Waals surface area contributed by atoms with Crippen LogP contribution in [0.3, 0.4) is 0 Å². The summed E-state index contributed by atoms with van der Waals surface area (Å²) in [7, 11) is 1.62. The molecule has 7 nitrogen and oxygen atoms in total. The first kappa shape index (κ1) is 17.0. The fourth-order valence-electron chi connectivity index (χ4n) is 2.91. The number of thiazole rings is 1. The van der Waals surface area contributed by atoms with Crippen molar-refractivity contribution in [3.8, 4) is 5.75 Å². The van der Waals surface area contributed by atoms with E-state index in [4.69, 9.17) is 21.3 Å². The van der Waals surface area contributed by atoms with Gasteiger partial charge in [0.15, 0.2) is 5.13 Å². The van der Waals surface area contributed by atoms with Crippen molar-refractivity contribution in [2.45, 2.75) is 0 Å². The number of hydrogen-bond donors (Lipinski definition) is 0. The lowest BCUT2D eigenvalue weighted by Crippen LogP contribution is -2.49. The van der Waals surface area contributed by atoms with Crippen LogP contribution in [0.4, 0.5) is 5.13 Å². The van der Waals surface area contributed by atoms with Gasteiger partial charge in [-0.1, -0.05) is 22.9 Å². The number of halogens is 1. The number of rotatable bonds is 3. The Morgan fingerprint density at radius 1 is 1.23 bits per heavy atom. The molecule has 0 aliphatic carbocycles. The molecule has 0 radical (unpaired) electrons. The highest BCUT2D eigenvalue weighted by Gasteiger charge is 2.25. The molecule has 1 fully saturated rings. The Hall–Kier alpha value is -2.45. The van der Waals surface area contributed by atoms with Crippen molar-refractivity contribution in [1.29, 1.82) is 0 Å². The van der Waals surface area contributed by atoms with Gasteiger partial charge in [-0.15, -0.1) is 0 Å². The predicted octanol–water partition coefficient (Wildman–Crippen LogP) is 2.71. The van der Waals surface area contributed by atoms with E-state index in [1.807, 2.05) is 12.1 Å². The average molecular weight is 390 g/mol. The van der Waals surface area contributed by atoms with E-state index in [1.165, 1.54) is 12.4 Å². The monoisotopic (exact) mass is 389 g/mol. The number of anilines is 1. The largest absolute Gasteiger partial charge is 0.494 e. The number of carbonyl (C=O) groups excluding carboxylic acids is 1. The molecule has 1 saturated heterocycles. The number of ether oxygens (including phenoxy) is 1. The molecule has 1 aliphatic rings. The van der Waals surface area contributed by atoms with Gasteiger partial charge in [-0.2, -0.15) is 0 Å². The van der Waals surface area contributed by atoms with Gasteiger partial charge in [0, 0.05) is 38.6 Å². The molecule has 0 N–H and O–H groups in total. The second kappa shape index (κ2) is 7.05. The summed E-state index contributed by atoms with van der Waals surface area (Å²) in [5.74, 6) is 0.620. The summed E-state index contributed by atoms with van der Waals surface area (Å²) in [4.78, 5) is 29.2. The van der Waals surface area contributed by atoms with E-state index in [0.717, 1.165) is 15.3 Å². The Morgan fingerprint density at radius 2 is 2.04 bits per heavy atom. The number of hydrogen-bond acceptors (Lipinski definition) is 7. The van der Waals surface area contributed by atoms with E-state index < -0.39 is 0 Å². The standard InChI is InChI=1S/C17H16ClN5O2S/c1-25-13-3-2-11(18)15-14(13)21-17(26-15)23-8-6-22(7-9-23)16(24)12-10-19-4-5-20-12/h2-5,10H,6-9H2,1H3. The molecule has 134 valence electrons. The van der Waals surface area contributed by atoms with Crippen molar-refractivity contribution >= 4 is 44.2 Å². The molecule has 3 aromatic rings. The Bertz CT molecular complexity index is 941. The zero-order valence-electron chi connectivity index (χ0n) is 14.1. The van der Waals surface area contributed by atoms with Crippen LogP contribution in [0.2, 0.25) is 5.02 Å². The number of fused-ring (bicyclic) bond motifs is 1. The maximum Gasteiger partial charge on any atom is 0.274 e. The normalized spacial score (nSPS) is 14.7. The number of nitrogens with zero attached hydrogens (tertiary/aromatic N) is 5. The minimum absolute atomic E-state index is 0.0910. The van der Waals surface area contributed by atoms with Gasteiger partial charge >= 0.3 is 0 Å². The molecule has 9 heteroatoms. The highest BCUT2D eigenvalue weighted by atomic mass is 35.5. The first-order chi connectivity index (χ1) is 12.7. The lowest BCUT2D eigenvalue weighted by Gasteiger charge is -2.34. The van der Waals surface area contributed by atoms with Gasteiger partial charge in [-0.05, 0) is 12.1 Å². The van der Waals surface area contributed by atoms with Crippen LogP contribution in [-0.2, 0) is 0 Å². The van der Waals surface area contributed by atoms with Crippen LogP contribution >= 0.6 is 22.9 Å². The van der Waals surface area contributed by atoms with Gasteiger partial charge in [0.05, 0.1) is 23.0 Å². The molecular weight excluding hydrogens is 374 g/mol. The van der Waals surface area contributed by atoms with Crippen LogP contribution in [0, 0.1) is 0 Å². The summed E-state index contributed by atoms with van der Waals surface area (Å²) in [6.45, 7) is 2.61. The SMILES string of the molecule is COc1ccc(Cl)c2sc(N3CCN(C(=O)c4cnccn4)CC3)nc12. The number of methoxy groups -OCH3 is 1. The maximum absolute atomic E-state index is 12.5. The molecule has 1 aromatic carbocycles. The van der Waals surface area contributed by atoms with Crippen molar-refractivity contribution in [3.63, 3.8) is 0 Å². The summed E-state index contributed by atoms with van der Waals surface area (Å²) >= 11 is 7.84. The lowest BCUT2D eigenvalue weighted by atomic mass is 10.3.